The van der Waals surface area contributed by atoms with Crippen molar-refractivity contribution in [1.29, 1.82) is 0 Å². The number of hydrogen-bond acceptors (Lipinski definition) is 8. The summed E-state index contributed by atoms with van der Waals surface area (Å²) in [6.45, 7) is 16.7. The van der Waals surface area contributed by atoms with Gasteiger partial charge in [0.2, 0.25) is 12.5 Å². The van der Waals surface area contributed by atoms with Crippen LogP contribution in [0.3, 0.4) is 0 Å². The standard InChI is InChI=1S/C32H37FN8O2/c1-5-29(42)41-14-13-40(19-24(41)16-34-3)31-25-11-12-39(28-17-35-15-22-7-6-8-26(33)30(22)28)20-27(25)36-32(37-31)43-21(2)18-38(4)23-9-10-23/h5-8,15,17,21,23-24H,1,9-14,16,18-20H2,2,4H3/t21-,24-/m0/s1. The second-order valence-corrected chi connectivity index (χ2v) is 11.7. The molecule has 224 valence electrons. The van der Waals surface area contributed by atoms with E-state index in [0.29, 0.717) is 56.6 Å². The summed E-state index contributed by atoms with van der Waals surface area (Å²) in [5.74, 6) is 0.340. The highest BCUT2D eigenvalue weighted by Crippen LogP contribution is 2.35. The fourth-order valence-electron chi connectivity index (χ4n) is 6.32. The zero-order valence-electron chi connectivity index (χ0n) is 24.7. The molecule has 10 nitrogen and oxygen atoms in total. The monoisotopic (exact) mass is 584 g/mol. The number of piperazine rings is 1. The van der Waals surface area contributed by atoms with E-state index in [-0.39, 0.29) is 30.4 Å². The fraction of sp³-hybridized carbons (Fsp3) is 0.469. The maximum atomic E-state index is 15.0. The van der Waals surface area contributed by atoms with Crippen molar-refractivity contribution in [2.45, 2.75) is 50.9 Å². The van der Waals surface area contributed by atoms with Crippen LogP contribution in [-0.2, 0) is 17.8 Å². The molecule has 1 aliphatic carbocycles. The average Bonchev–Trinajstić information content (AvgIpc) is 3.86. The van der Waals surface area contributed by atoms with Gasteiger partial charge >= 0.3 is 6.01 Å². The molecule has 1 aromatic carbocycles. The summed E-state index contributed by atoms with van der Waals surface area (Å²) in [5.41, 5.74) is 2.58. The van der Waals surface area contributed by atoms with Gasteiger partial charge in [-0.25, -0.2) is 11.0 Å². The first-order valence-corrected chi connectivity index (χ1v) is 14.9. The second kappa shape index (κ2) is 12.1. The third-order valence-corrected chi connectivity index (χ3v) is 8.64. The van der Waals surface area contributed by atoms with E-state index in [9.17, 15) is 4.79 Å². The lowest BCUT2D eigenvalue weighted by Gasteiger charge is -2.41. The molecule has 3 aromatic rings. The predicted molar refractivity (Wildman–Crippen MR) is 164 cm³/mol. The van der Waals surface area contributed by atoms with Crippen molar-refractivity contribution in [3.8, 4) is 6.01 Å². The molecule has 2 atom stereocenters. The minimum Gasteiger partial charge on any atom is -0.459 e. The van der Waals surface area contributed by atoms with Crippen LogP contribution in [-0.4, -0.2) is 95.2 Å². The fourth-order valence-corrected chi connectivity index (χ4v) is 6.32. The first kappa shape index (κ1) is 28.8. The van der Waals surface area contributed by atoms with Gasteiger partial charge in [0, 0.05) is 61.3 Å². The molecule has 0 N–H and O–H groups in total. The third kappa shape index (κ3) is 5.97. The molecule has 6 rings (SSSR count). The molecule has 2 aliphatic heterocycles. The van der Waals surface area contributed by atoms with Crippen molar-refractivity contribution < 1.29 is 13.9 Å². The van der Waals surface area contributed by atoms with Crippen LogP contribution < -0.4 is 14.5 Å². The van der Waals surface area contributed by atoms with Crippen LogP contribution in [0.5, 0.6) is 6.01 Å². The maximum absolute atomic E-state index is 15.0. The van der Waals surface area contributed by atoms with Crippen LogP contribution in [0, 0.1) is 12.4 Å². The van der Waals surface area contributed by atoms with Gasteiger partial charge in [0.1, 0.15) is 23.8 Å². The molecule has 1 saturated carbocycles. The topological polar surface area (TPSA) is 82.3 Å². The van der Waals surface area contributed by atoms with E-state index < -0.39 is 0 Å². The van der Waals surface area contributed by atoms with Crippen LogP contribution >= 0.6 is 0 Å². The molecule has 11 heteroatoms. The lowest BCUT2D eigenvalue weighted by atomic mass is 10.0. The number of carbonyl (C=O) groups excluding carboxylic acids is 1. The molecule has 1 saturated heterocycles. The lowest BCUT2D eigenvalue weighted by molar-refractivity contribution is -0.128. The van der Waals surface area contributed by atoms with Crippen molar-refractivity contribution in [2.75, 3.05) is 56.1 Å². The number of aromatic nitrogens is 3. The summed E-state index contributed by atoms with van der Waals surface area (Å²) in [7, 11) is 2.12. The Morgan fingerprint density at radius 2 is 2.09 bits per heavy atom. The number of ether oxygens (including phenoxy) is 1. The highest BCUT2D eigenvalue weighted by molar-refractivity contribution is 5.94. The Labute approximate surface area is 251 Å². The number of pyridine rings is 1. The Morgan fingerprint density at radius 3 is 2.86 bits per heavy atom. The Balaban J connectivity index is 1.33. The summed E-state index contributed by atoms with van der Waals surface area (Å²) in [4.78, 5) is 38.7. The molecule has 0 spiro atoms. The number of benzene rings is 1. The highest BCUT2D eigenvalue weighted by Gasteiger charge is 2.35. The number of carbonyl (C=O) groups is 1. The van der Waals surface area contributed by atoms with Gasteiger partial charge in [-0.2, -0.15) is 9.97 Å². The number of halogens is 1. The molecular weight excluding hydrogens is 547 g/mol. The quantitative estimate of drug-likeness (QED) is 0.278. The smallest absolute Gasteiger partial charge is 0.318 e. The molecule has 0 bridgehead atoms. The highest BCUT2D eigenvalue weighted by atomic mass is 19.1. The minimum absolute atomic E-state index is 0.121. The van der Waals surface area contributed by atoms with E-state index in [0.717, 1.165) is 34.7 Å². The predicted octanol–water partition coefficient (Wildman–Crippen LogP) is 3.71. The van der Waals surface area contributed by atoms with E-state index >= 15 is 4.39 Å². The second-order valence-electron chi connectivity index (χ2n) is 11.7. The SMILES string of the molecule is [C-]#[N+]C[C@H]1CN(c2nc(O[C@@H](C)CN(C)C3CC3)nc3c2CCN(c2cncc4cccc(F)c24)C3)CCN1C(=O)C=C. The number of anilines is 2. The summed E-state index contributed by atoms with van der Waals surface area (Å²) >= 11 is 0. The molecule has 0 unspecified atom stereocenters. The van der Waals surface area contributed by atoms with Crippen molar-refractivity contribution >= 4 is 28.2 Å². The van der Waals surface area contributed by atoms with Gasteiger partial charge < -0.3 is 24.3 Å². The normalized spacial score (nSPS) is 19.2. The van der Waals surface area contributed by atoms with Crippen LogP contribution in [0.25, 0.3) is 15.6 Å². The van der Waals surface area contributed by atoms with Gasteiger partial charge in [0.15, 0.2) is 0 Å². The molecule has 3 aliphatic rings. The number of fused-ring (bicyclic) bond motifs is 2. The maximum Gasteiger partial charge on any atom is 0.318 e. The lowest BCUT2D eigenvalue weighted by Crippen LogP contribution is -2.56. The Kier molecular flexibility index (Phi) is 8.13. The third-order valence-electron chi connectivity index (χ3n) is 8.64. The molecule has 4 heterocycles. The van der Waals surface area contributed by atoms with E-state index in [1.54, 1.807) is 23.4 Å². The molecule has 1 amide bonds. The summed E-state index contributed by atoms with van der Waals surface area (Å²) in [6, 6.07) is 5.69. The van der Waals surface area contributed by atoms with Gasteiger partial charge in [-0.05, 0) is 45.4 Å². The Morgan fingerprint density at radius 1 is 1.26 bits per heavy atom. The minimum atomic E-state index is -0.278. The largest absolute Gasteiger partial charge is 0.459 e. The summed E-state index contributed by atoms with van der Waals surface area (Å²) in [6.07, 6.45) is 7.67. The summed E-state index contributed by atoms with van der Waals surface area (Å²) < 4.78 is 21.4. The van der Waals surface area contributed by atoms with Gasteiger partial charge in [-0.15, -0.1) is 0 Å². The van der Waals surface area contributed by atoms with Gasteiger partial charge in [-0.1, -0.05) is 18.7 Å². The van der Waals surface area contributed by atoms with Crippen molar-refractivity contribution in [1.82, 2.24) is 24.8 Å². The van der Waals surface area contributed by atoms with Crippen LogP contribution in [0.1, 0.15) is 31.0 Å². The molecular formula is C32H37FN8O2. The molecule has 43 heavy (non-hydrogen) atoms. The molecule has 2 fully saturated rings. The zero-order valence-corrected chi connectivity index (χ0v) is 24.7. The van der Waals surface area contributed by atoms with Gasteiger partial charge in [0.25, 0.3) is 0 Å². The average molecular weight is 585 g/mol. The van der Waals surface area contributed by atoms with E-state index in [2.05, 4.69) is 38.2 Å². The van der Waals surface area contributed by atoms with Crippen LogP contribution in [0.2, 0.25) is 0 Å². The van der Waals surface area contributed by atoms with Gasteiger partial charge in [-0.3, -0.25) is 14.7 Å². The number of nitrogens with zero attached hydrogens (tertiary/aromatic N) is 8. The zero-order chi connectivity index (χ0) is 30.1. The van der Waals surface area contributed by atoms with E-state index in [1.165, 1.54) is 25.0 Å². The van der Waals surface area contributed by atoms with Crippen LogP contribution in [0.4, 0.5) is 15.9 Å². The van der Waals surface area contributed by atoms with Crippen molar-refractivity contribution in [3.05, 3.63) is 71.7 Å². The first-order chi connectivity index (χ1) is 20.9. The van der Waals surface area contributed by atoms with E-state index in [4.69, 9.17) is 21.3 Å². The first-order valence-electron chi connectivity index (χ1n) is 14.9. The Bertz CT molecular complexity index is 1570. The number of hydrogen-bond donors (Lipinski definition) is 0. The molecule has 0 radical (unpaired) electrons. The van der Waals surface area contributed by atoms with E-state index in [1.807, 2.05) is 13.0 Å². The number of amides is 1. The van der Waals surface area contributed by atoms with Gasteiger partial charge in [0.05, 0.1) is 24.1 Å². The van der Waals surface area contributed by atoms with Crippen molar-refractivity contribution in [2.24, 2.45) is 0 Å². The van der Waals surface area contributed by atoms with Crippen LogP contribution in [0.15, 0.2) is 43.2 Å². The summed E-state index contributed by atoms with van der Waals surface area (Å²) in [5, 5.41) is 1.30. The number of rotatable bonds is 9. The molecule has 2 aromatic heterocycles. The Hall–Kier alpha value is -4.30. The van der Waals surface area contributed by atoms with Crippen molar-refractivity contribution in [3.63, 3.8) is 0 Å². The number of likely N-dealkylation sites (N-methyl/N-ethyl adjacent to an activating group) is 1.